The molecule has 0 atom stereocenters. The van der Waals surface area contributed by atoms with Crippen molar-refractivity contribution in [1.29, 1.82) is 0 Å². The Kier molecular flexibility index (Phi) is 5.00. The van der Waals surface area contributed by atoms with Crippen LogP contribution in [0.2, 0.25) is 0 Å². The molecule has 2 aliphatic heterocycles. The number of carbonyl (C=O) groups excluding carboxylic acids is 1. The largest absolute Gasteiger partial charge is 0.350 e. The molecule has 4 rings (SSSR count). The van der Waals surface area contributed by atoms with Gasteiger partial charge in [-0.2, -0.15) is 0 Å². The fourth-order valence-electron chi connectivity index (χ4n) is 3.10. The molecule has 0 radical (unpaired) electrons. The second-order valence-corrected chi connectivity index (χ2v) is 8.59. The maximum absolute atomic E-state index is 12.7. The van der Waals surface area contributed by atoms with Crippen molar-refractivity contribution in [2.24, 2.45) is 5.92 Å². The molecule has 24 heavy (non-hydrogen) atoms. The van der Waals surface area contributed by atoms with Gasteiger partial charge in [0, 0.05) is 34.2 Å². The highest BCUT2D eigenvalue weighted by Crippen LogP contribution is 2.32. The van der Waals surface area contributed by atoms with Crippen LogP contribution in [0.15, 0.2) is 21.3 Å². The summed E-state index contributed by atoms with van der Waals surface area (Å²) in [7, 11) is 0. The Morgan fingerprint density at radius 2 is 1.96 bits per heavy atom. The third kappa shape index (κ3) is 3.43. The summed E-state index contributed by atoms with van der Waals surface area (Å²) in [6, 6.07) is 2.03. The second kappa shape index (κ2) is 7.21. The normalized spacial score (nSPS) is 20.0. The van der Waals surface area contributed by atoms with Gasteiger partial charge in [0.2, 0.25) is 0 Å². The van der Waals surface area contributed by atoms with E-state index >= 15 is 0 Å². The molecule has 2 aliphatic rings. The zero-order valence-corrected chi connectivity index (χ0v) is 16.2. The molecule has 0 aromatic carbocycles. The smallest absolute Gasteiger partial charge is 0.273 e. The van der Waals surface area contributed by atoms with Crippen molar-refractivity contribution >= 4 is 44.5 Å². The fourth-order valence-corrected chi connectivity index (χ4v) is 5.40. The van der Waals surface area contributed by atoms with E-state index in [-0.39, 0.29) is 12.2 Å². The highest BCUT2D eigenvalue weighted by atomic mass is 79.9. The van der Waals surface area contributed by atoms with Gasteiger partial charge in [0.1, 0.15) is 10.7 Å². The maximum atomic E-state index is 12.7. The molecule has 2 aromatic heterocycles. The van der Waals surface area contributed by atoms with Crippen molar-refractivity contribution in [3.8, 4) is 9.88 Å². The zero-order chi connectivity index (χ0) is 16.5. The average molecular weight is 429 g/mol. The maximum Gasteiger partial charge on any atom is 0.273 e. The fraction of sp³-hybridized carbons (Fsp3) is 0.500. The molecule has 1 amide bonds. The lowest BCUT2D eigenvalue weighted by Crippen LogP contribution is -2.41. The van der Waals surface area contributed by atoms with E-state index in [0.29, 0.717) is 24.8 Å². The van der Waals surface area contributed by atoms with Gasteiger partial charge in [-0.05, 0) is 34.8 Å². The highest BCUT2D eigenvalue weighted by Gasteiger charge is 2.32. The third-order valence-corrected chi connectivity index (χ3v) is 7.06. The number of hydrogen-bond donors (Lipinski definition) is 0. The Balaban J connectivity index is 1.39. The summed E-state index contributed by atoms with van der Waals surface area (Å²) >= 11 is 6.60. The van der Waals surface area contributed by atoms with Crippen LogP contribution in [0.1, 0.15) is 23.3 Å². The van der Waals surface area contributed by atoms with Gasteiger partial charge in [-0.1, -0.05) is 0 Å². The number of piperidine rings is 1. The Hall–Kier alpha value is -0.800. The highest BCUT2D eigenvalue weighted by molar-refractivity contribution is 9.10. The van der Waals surface area contributed by atoms with Crippen LogP contribution in [-0.2, 0) is 9.47 Å². The van der Waals surface area contributed by atoms with Gasteiger partial charge in [0.25, 0.3) is 5.91 Å². The van der Waals surface area contributed by atoms with Crippen LogP contribution >= 0.6 is 38.6 Å². The molecule has 2 aromatic rings. The molecule has 0 spiro atoms. The van der Waals surface area contributed by atoms with Gasteiger partial charge in [0.15, 0.2) is 6.29 Å². The molecule has 0 N–H and O–H groups in total. The number of ether oxygens (including phenoxy) is 2. The summed E-state index contributed by atoms with van der Waals surface area (Å²) in [6.45, 7) is 2.85. The molecular weight excluding hydrogens is 412 g/mol. The van der Waals surface area contributed by atoms with Crippen LogP contribution in [0.5, 0.6) is 0 Å². The van der Waals surface area contributed by atoms with Gasteiger partial charge in [-0.25, -0.2) is 4.98 Å². The van der Waals surface area contributed by atoms with E-state index in [1.165, 1.54) is 11.3 Å². The molecule has 2 fully saturated rings. The summed E-state index contributed by atoms with van der Waals surface area (Å²) in [5, 5.41) is 4.79. The number of likely N-dealkylation sites (tertiary alicyclic amines) is 1. The Morgan fingerprint density at radius 1 is 1.21 bits per heavy atom. The van der Waals surface area contributed by atoms with Crippen LogP contribution in [0.4, 0.5) is 0 Å². The van der Waals surface area contributed by atoms with Gasteiger partial charge in [0.05, 0.1) is 18.1 Å². The number of rotatable bonds is 3. The van der Waals surface area contributed by atoms with E-state index < -0.39 is 0 Å². The standard InChI is InChI=1S/C16H17BrN2O3S2/c17-11-7-13(23-8-11)14-18-12(9-24-14)15(20)19-3-1-10(2-4-19)16-21-5-6-22-16/h7-10,16H,1-6H2. The Bertz CT molecular complexity index is 718. The first-order chi connectivity index (χ1) is 11.7. The summed E-state index contributed by atoms with van der Waals surface area (Å²) in [4.78, 5) is 20.2. The summed E-state index contributed by atoms with van der Waals surface area (Å²) in [5.74, 6) is 0.422. The van der Waals surface area contributed by atoms with E-state index in [1.54, 1.807) is 11.3 Å². The quantitative estimate of drug-likeness (QED) is 0.744. The molecule has 0 unspecified atom stereocenters. The molecular formula is C16H17BrN2O3S2. The van der Waals surface area contributed by atoms with Crippen molar-refractivity contribution in [3.05, 3.63) is 27.0 Å². The minimum absolute atomic E-state index is 0.0276. The van der Waals surface area contributed by atoms with E-state index in [1.807, 2.05) is 21.7 Å². The van der Waals surface area contributed by atoms with E-state index in [0.717, 1.165) is 40.3 Å². The number of hydrogen-bond acceptors (Lipinski definition) is 6. The van der Waals surface area contributed by atoms with Crippen molar-refractivity contribution in [2.45, 2.75) is 19.1 Å². The summed E-state index contributed by atoms with van der Waals surface area (Å²) < 4.78 is 12.2. The summed E-state index contributed by atoms with van der Waals surface area (Å²) in [5.41, 5.74) is 0.548. The van der Waals surface area contributed by atoms with Crippen LogP contribution in [-0.4, -0.2) is 48.4 Å². The predicted octanol–water partition coefficient (Wildman–Crippen LogP) is 3.86. The van der Waals surface area contributed by atoms with Crippen molar-refractivity contribution in [2.75, 3.05) is 26.3 Å². The van der Waals surface area contributed by atoms with Gasteiger partial charge in [-0.15, -0.1) is 22.7 Å². The number of amides is 1. The lowest BCUT2D eigenvalue weighted by atomic mass is 9.96. The second-order valence-electron chi connectivity index (χ2n) is 5.91. The Labute approximate surface area is 156 Å². The number of aromatic nitrogens is 1. The lowest BCUT2D eigenvalue weighted by Gasteiger charge is -2.33. The van der Waals surface area contributed by atoms with Crippen LogP contribution in [0.25, 0.3) is 9.88 Å². The van der Waals surface area contributed by atoms with E-state index in [4.69, 9.17) is 9.47 Å². The molecule has 5 nitrogen and oxygen atoms in total. The molecule has 0 bridgehead atoms. The van der Waals surface area contributed by atoms with Gasteiger partial charge >= 0.3 is 0 Å². The number of nitrogens with zero attached hydrogens (tertiary/aromatic N) is 2. The first kappa shape index (κ1) is 16.7. The monoisotopic (exact) mass is 428 g/mol. The first-order valence-electron chi connectivity index (χ1n) is 7.93. The van der Waals surface area contributed by atoms with Crippen LogP contribution in [0, 0.1) is 5.92 Å². The van der Waals surface area contributed by atoms with Gasteiger partial charge in [-0.3, -0.25) is 4.79 Å². The zero-order valence-electron chi connectivity index (χ0n) is 12.9. The van der Waals surface area contributed by atoms with Crippen LogP contribution < -0.4 is 0 Å². The minimum atomic E-state index is -0.0783. The van der Waals surface area contributed by atoms with E-state index in [9.17, 15) is 4.79 Å². The number of thiazole rings is 1. The first-order valence-corrected chi connectivity index (χ1v) is 10.5. The lowest BCUT2D eigenvalue weighted by molar-refractivity contribution is -0.0956. The molecule has 128 valence electrons. The molecule has 0 aliphatic carbocycles. The topological polar surface area (TPSA) is 51.7 Å². The average Bonchev–Trinajstić information content (AvgIpc) is 3.35. The molecule has 2 saturated heterocycles. The number of halogens is 1. The van der Waals surface area contributed by atoms with Crippen molar-refractivity contribution < 1.29 is 14.3 Å². The van der Waals surface area contributed by atoms with Gasteiger partial charge < -0.3 is 14.4 Å². The van der Waals surface area contributed by atoms with Crippen molar-refractivity contribution in [3.63, 3.8) is 0 Å². The van der Waals surface area contributed by atoms with Crippen LogP contribution in [0.3, 0.4) is 0 Å². The SMILES string of the molecule is O=C(c1csc(-c2cc(Br)cs2)n1)N1CCC(C2OCCO2)CC1. The minimum Gasteiger partial charge on any atom is -0.350 e. The number of carbonyl (C=O) groups is 1. The molecule has 4 heterocycles. The third-order valence-electron chi connectivity index (χ3n) is 4.36. The molecule has 8 heteroatoms. The Morgan fingerprint density at radius 3 is 2.62 bits per heavy atom. The predicted molar refractivity (Wildman–Crippen MR) is 97.4 cm³/mol. The summed E-state index contributed by atoms with van der Waals surface area (Å²) in [6.07, 6.45) is 1.77. The van der Waals surface area contributed by atoms with E-state index in [2.05, 4.69) is 20.9 Å². The van der Waals surface area contributed by atoms with Crippen molar-refractivity contribution in [1.82, 2.24) is 9.88 Å². The molecule has 0 saturated carbocycles. The number of thiophene rings is 1.